The van der Waals surface area contributed by atoms with Gasteiger partial charge in [0, 0.05) is 31.4 Å². The maximum absolute atomic E-state index is 6.31. The average Bonchev–Trinajstić information content (AvgIpc) is 2.76. The van der Waals surface area contributed by atoms with E-state index < -0.39 is 0 Å². The highest BCUT2D eigenvalue weighted by Gasteiger charge is 2.12. The van der Waals surface area contributed by atoms with Crippen LogP contribution in [0, 0.1) is 13.8 Å². The van der Waals surface area contributed by atoms with Crippen molar-refractivity contribution in [1.29, 1.82) is 0 Å². The summed E-state index contributed by atoms with van der Waals surface area (Å²) in [6.45, 7) is 7.28. The van der Waals surface area contributed by atoms with Crippen molar-refractivity contribution in [3.05, 3.63) is 53.1 Å². The van der Waals surface area contributed by atoms with Crippen LogP contribution in [0.2, 0.25) is 0 Å². The summed E-state index contributed by atoms with van der Waals surface area (Å²) in [6.07, 6.45) is 4.63. The van der Waals surface area contributed by atoms with Gasteiger partial charge in [-0.3, -0.25) is 0 Å². The Morgan fingerprint density at radius 3 is 2.78 bits per heavy atom. The second kappa shape index (κ2) is 5.36. The highest BCUT2D eigenvalue weighted by Crippen LogP contribution is 2.20. The van der Waals surface area contributed by atoms with Crippen LogP contribution in [0.1, 0.15) is 35.5 Å². The van der Waals surface area contributed by atoms with Gasteiger partial charge in [-0.15, -0.1) is 0 Å². The number of nitrogens with zero attached hydrogens (tertiary/aromatic N) is 2. The van der Waals surface area contributed by atoms with Gasteiger partial charge >= 0.3 is 0 Å². The van der Waals surface area contributed by atoms with Gasteiger partial charge in [-0.1, -0.05) is 23.8 Å². The van der Waals surface area contributed by atoms with Crippen LogP contribution in [0.15, 0.2) is 30.6 Å². The Morgan fingerprint density at radius 1 is 1.33 bits per heavy atom. The van der Waals surface area contributed by atoms with Crippen molar-refractivity contribution in [2.75, 3.05) is 0 Å². The molecule has 0 aliphatic rings. The van der Waals surface area contributed by atoms with Gasteiger partial charge in [-0.05, 0) is 31.9 Å². The Kier molecular flexibility index (Phi) is 3.82. The fourth-order valence-corrected chi connectivity index (χ4v) is 2.37. The molecule has 0 aliphatic carbocycles. The molecule has 0 radical (unpaired) electrons. The van der Waals surface area contributed by atoms with Gasteiger partial charge in [0.15, 0.2) is 0 Å². The summed E-state index contributed by atoms with van der Waals surface area (Å²) in [7, 11) is 0. The van der Waals surface area contributed by atoms with E-state index in [1.165, 1.54) is 16.7 Å². The minimum Gasteiger partial charge on any atom is -0.335 e. The third-order valence-electron chi connectivity index (χ3n) is 3.37. The second-order valence-electron chi connectivity index (χ2n) is 4.80. The quantitative estimate of drug-likeness (QED) is 0.897. The zero-order chi connectivity index (χ0) is 13.1. The first-order valence-corrected chi connectivity index (χ1v) is 6.44. The summed E-state index contributed by atoms with van der Waals surface area (Å²) in [4.78, 5) is 4.38. The van der Waals surface area contributed by atoms with Crippen LogP contribution in [0.5, 0.6) is 0 Å². The van der Waals surface area contributed by atoms with Crippen molar-refractivity contribution in [3.63, 3.8) is 0 Å². The molecule has 2 aromatic rings. The van der Waals surface area contributed by atoms with E-state index in [4.69, 9.17) is 5.73 Å². The Bertz CT molecular complexity index is 528. The first-order chi connectivity index (χ1) is 8.61. The third-order valence-corrected chi connectivity index (χ3v) is 3.37. The number of rotatable bonds is 4. The number of aromatic nitrogens is 2. The molecule has 1 aromatic carbocycles. The monoisotopic (exact) mass is 243 g/mol. The molecule has 0 bridgehead atoms. The highest BCUT2D eigenvalue weighted by atomic mass is 15.1. The fraction of sp³-hybridized carbons (Fsp3) is 0.400. The maximum atomic E-state index is 6.31. The Hall–Kier alpha value is -1.61. The molecular formula is C15H21N3. The molecule has 0 fully saturated rings. The van der Waals surface area contributed by atoms with Gasteiger partial charge in [-0.25, -0.2) is 4.98 Å². The van der Waals surface area contributed by atoms with E-state index in [9.17, 15) is 0 Å². The van der Waals surface area contributed by atoms with Crippen molar-refractivity contribution in [2.24, 2.45) is 5.73 Å². The molecule has 1 unspecified atom stereocenters. The number of benzene rings is 1. The molecule has 0 aliphatic heterocycles. The van der Waals surface area contributed by atoms with Gasteiger partial charge in [-0.2, -0.15) is 0 Å². The number of hydrogen-bond acceptors (Lipinski definition) is 2. The van der Waals surface area contributed by atoms with Gasteiger partial charge in [0.2, 0.25) is 0 Å². The Balaban J connectivity index is 2.19. The third kappa shape index (κ3) is 2.62. The van der Waals surface area contributed by atoms with E-state index in [-0.39, 0.29) is 6.04 Å². The van der Waals surface area contributed by atoms with Crippen molar-refractivity contribution >= 4 is 0 Å². The van der Waals surface area contributed by atoms with Crippen LogP contribution in [0.3, 0.4) is 0 Å². The van der Waals surface area contributed by atoms with Crippen LogP contribution < -0.4 is 5.73 Å². The first-order valence-electron chi connectivity index (χ1n) is 6.44. The molecule has 3 heteroatoms. The van der Waals surface area contributed by atoms with Crippen molar-refractivity contribution in [3.8, 4) is 0 Å². The second-order valence-corrected chi connectivity index (χ2v) is 4.80. The molecule has 0 amide bonds. The molecule has 0 saturated carbocycles. The fourth-order valence-electron chi connectivity index (χ4n) is 2.37. The van der Waals surface area contributed by atoms with Gasteiger partial charge in [0.05, 0.1) is 0 Å². The van der Waals surface area contributed by atoms with Gasteiger partial charge in [0.25, 0.3) is 0 Å². The number of aryl methyl sites for hydroxylation is 3. The Labute approximate surface area is 109 Å². The summed E-state index contributed by atoms with van der Waals surface area (Å²) in [5.41, 5.74) is 10.1. The van der Waals surface area contributed by atoms with E-state index in [2.05, 4.69) is 48.5 Å². The SMILES string of the molecule is CCn1ccnc1CC(N)c1ccc(C)cc1C. The minimum atomic E-state index is 0.0123. The standard InChI is InChI=1S/C15H21N3/c1-4-18-8-7-17-15(18)10-14(16)13-6-5-11(2)9-12(13)3/h5-9,14H,4,10,16H2,1-3H3. The van der Waals surface area contributed by atoms with Crippen LogP contribution in [0.4, 0.5) is 0 Å². The molecule has 1 heterocycles. The molecule has 3 nitrogen and oxygen atoms in total. The largest absolute Gasteiger partial charge is 0.335 e. The zero-order valence-electron chi connectivity index (χ0n) is 11.4. The van der Waals surface area contributed by atoms with E-state index in [0.29, 0.717) is 0 Å². The maximum Gasteiger partial charge on any atom is 0.110 e. The van der Waals surface area contributed by atoms with Crippen LogP contribution >= 0.6 is 0 Å². The average molecular weight is 243 g/mol. The summed E-state index contributed by atoms with van der Waals surface area (Å²) < 4.78 is 2.14. The van der Waals surface area contributed by atoms with Crippen molar-refractivity contribution < 1.29 is 0 Å². The van der Waals surface area contributed by atoms with E-state index in [0.717, 1.165) is 18.8 Å². The molecule has 0 spiro atoms. The lowest BCUT2D eigenvalue weighted by Crippen LogP contribution is -2.17. The molecule has 96 valence electrons. The predicted octanol–water partition coefficient (Wildman–Crippen LogP) is 2.76. The lowest BCUT2D eigenvalue weighted by molar-refractivity contribution is 0.626. The zero-order valence-corrected chi connectivity index (χ0v) is 11.4. The smallest absolute Gasteiger partial charge is 0.110 e. The summed E-state index contributed by atoms with van der Waals surface area (Å²) in [5.74, 6) is 1.06. The minimum absolute atomic E-state index is 0.0123. The molecule has 1 atom stereocenters. The molecular weight excluding hydrogens is 222 g/mol. The van der Waals surface area contributed by atoms with E-state index in [1.807, 2.05) is 12.4 Å². The first kappa shape index (κ1) is 12.8. The molecule has 1 aromatic heterocycles. The van der Waals surface area contributed by atoms with Crippen LogP contribution in [-0.4, -0.2) is 9.55 Å². The summed E-state index contributed by atoms with van der Waals surface area (Å²) >= 11 is 0. The molecule has 0 saturated heterocycles. The normalized spacial score (nSPS) is 12.7. The van der Waals surface area contributed by atoms with E-state index in [1.54, 1.807) is 0 Å². The lowest BCUT2D eigenvalue weighted by Gasteiger charge is -2.15. The Morgan fingerprint density at radius 2 is 2.11 bits per heavy atom. The van der Waals surface area contributed by atoms with Crippen LogP contribution in [-0.2, 0) is 13.0 Å². The summed E-state index contributed by atoms with van der Waals surface area (Å²) in [5, 5.41) is 0. The number of nitrogens with two attached hydrogens (primary N) is 1. The molecule has 2 rings (SSSR count). The molecule has 18 heavy (non-hydrogen) atoms. The van der Waals surface area contributed by atoms with Crippen molar-refractivity contribution in [1.82, 2.24) is 9.55 Å². The van der Waals surface area contributed by atoms with Gasteiger partial charge < -0.3 is 10.3 Å². The predicted molar refractivity (Wildman–Crippen MR) is 74.4 cm³/mol. The van der Waals surface area contributed by atoms with Crippen molar-refractivity contribution in [2.45, 2.75) is 39.8 Å². The van der Waals surface area contributed by atoms with Crippen LogP contribution in [0.25, 0.3) is 0 Å². The van der Waals surface area contributed by atoms with E-state index >= 15 is 0 Å². The lowest BCUT2D eigenvalue weighted by atomic mass is 9.97. The molecule has 2 N–H and O–H groups in total. The topological polar surface area (TPSA) is 43.8 Å². The highest BCUT2D eigenvalue weighted by molar-refractivity contribution is 5.33. The number of imidazole rings is 1. The number of hydrogen-bond donors (Lipinski definition) is 1. The summed E-state index contributed by atoms with van der Waals surface area (Å²) in [6, 6.07) is 6.45. The van der Waals surface area contributed by atoms with Gasteiger partial charge in [0.1, 0.15) is 5.82 Å².